The number of carbonyl (C=O) groups excluding carboxylic acids is 1. The molecule has 1 heterocycles. The second-order valence-corrected chi connectivity index (χ2v) is 8.97. The maximum absolute atomic E-state index is 12.2. The highest BCUT2D eigenvalue weighted by molar-refractivity contribution is 7.16. The monoisotopic (exact) mass is 363 g/mol. The summed E-state index contributed by atoms with van der Waals surface area (Å²) in [5.41, 5.74) is 2.11. The van der Waals surface area contributed by atoms with Crippen LogP contribution in [0.1, 0.15) is 42.7 Å². The topological polar surface area (TPSA) is 38.3 Å². The molecule has 2 atom stereocenters. The Morgan fingerprint density at radius 2 is 2.04 bits per heavy atom. The number of benzene rings is 1. The third kappa shape index (κ3) is 4.11. The summed E-state index contributed by atoms with van der Waals surface area (Å²) in [6.45, 7) is 5.63. The second-order valence-electron chi connectivity index (χ2n) is 7.17. The molecule has 0 bridgehead atoms. The van der Waals surface area contributed by atoms with Crippen LogP contribution in [0.4, 0.5) is 4.79 Å². The predicted octanol–water partition coefficient (Wildman–Crippen LogP) is 5.18. The van der Waals surface area contributed by atoms with Gasteiger partial charge in [0.25, 0.3) is 0 Å². The van der Waals surface area contributed by atoms with Gasteiger partial charge in [-0.2, -0.15) is 0 Å². The van der Waals surface area contributed by atoms with E-state index in [-0.39, 0.29) is 18.1 Å². The number of alkyl carbamates (subject to hydrolysis) is 1. The summed E-state index contributed by atoms with van der Waals surface area (Å²) in [5.74, 6) is 0.239. The fraction of sp³-hybridized carbons (Fsp3) is 0.421. The molecule has 0 radical (unpaired) electrons. The molecule has 24 heavy (non-hydrogen) atoms. The minimum Gasteiger partial charge on any atom is -0.444 e. The average Bonchev–Trinajstić information content (AvgIpc) is 3.02. The normalized spacial score (nSPS) is 19.8. The molecule has 0 unspecified atom stereocenters. The van der Waals surface area contributed by atoms with Crippen molar-refractivity contribution in [1.82, 2.24) is 5.32 Å². The van der Waals surface area contributed by atoms with E-state index in [1.54, 1.807) is 11.3 Å². The molecule has 0 spiro atoms. The molecular weight excluding hydrogens is 342 g/mol. The van der Waals surface area contributed by atoms with Crippen molar-refractivity contribution in [2.24, 2.45) is 0 Å². The van der Waals surface area contributed by atoms with Crippen LogP contribution in [0.25, 0.3) is 0 Å². The Kier molecular flexibility index (Phi) is 4.88. The molecule has 1 aliphatic carbocycles. The van der Waals surface area contributed by atoms with Gasteiger partial charge in [-0.15, -0.1) is 11.3 Å². The van der Waals surface area contributed by atoms with E-state index < -0.39 is 5.60 Å². The van der Waals surface area contributed by atoms with Crippen molar-refractivity contribution < 1.29 is 9.53 Å². The Bertz CT molecular complexity index is 735. The lowest BCUT2D eigenvalue weighted by molar-refractivity contribution is 0.0499. The van der Waals surface area contributed by atoms with E-state index in [1.807, 2.05) is 32.9 Å². The highest BCUT2D eigenvalue weighted by atomic mass is 35.5. The highest BCUT2D eigenvalue weighted by Crippen LogP contribution is 2.37. The van der Waals surface area contributed by atoms with Crippen molar-refractivity contribution in [2.45, 2.75) is 51.2 Å². The molecule has 1 amide bonds. The first-order chi connectivity index (χ1) is 11.3. The summed E-state index contributed by atoms with van der Waals surface area (Å²) in [4.78, 5) is 13.4. The van der Waals surface area contributed by atoms with Crippen LogP contribution in [0.15, 0.2) is 36.4 Å². The number of thiophene rings is 1. The number of hydrogen-bond acceptors (Lipinski definition) is 3. The minimum absolute atomic E-state index is 0.0399. The standard InChI is InChI=1S/C19H22ClNO2S/c1-19(2,3)23-18(22)21-16-10-12-6-4-5-7-14(12)15(16)11-13-8-9-17(20)24-13/h4-9,15-16H,10-11H2,1-3H3,(H,21,22)/t15-,16+/m1/s1. The van der Waals surface area contributed by atoms with Crippen LogP contribution in [-0.2, 0) is 17.6 Å². The summed E-state index contributed by atoms with van der Waals surface area (Å²) in [7, 11) is 0. The molecule has 3 nitrogen and oxygen atoms in total. The third-order valence-electron chi connectivity index (χ3n) is 4.13. The fourth-order valence-corrected chi connectivity index (χ4v) is 4.36. The number of fused-ring (bicyclic) bond motifs is 1. The van der Waals surface area contributed by atoms with Crippen LogP contribution in [-0.4, -0.2) is 17.7 Å². The number of rotatable bonds is 3. The molecule has 128 valence electrons. The van der Waals surface area contributed by atoms with Crippen LogP contribution in [0.3, 0.4) is 0 Å². The first-order valence-electron chi connectivity index (χ1n) is 8.13. The Hall–Kier alpha value is -1.52. The summed E-state index contributed by atoms with van der Waals surface area (Å²) in [6, 6.07) is 12.4. The van der Waals surface area contributed by atoms with Crippen LogP contribution >= 0.6 is 22.9 Å². The van der Waals surface area contributed by atoms with E-state index in [9.17, 15) is 4.79 Å². The molecule has 0 aliphatic heterocycles. The van der Waals surface area contributed by atoms with Crippen molar-refractivity contribution in [2.75, 3.05) is 0 Å². The molecule has 2 aromatic rings. The molecular formula is C19H22ClNO2S. The summed E-state index contributed by atoms with van der Waals surface area (Å²) < 4.78 is 6.23. The maximum Gasteiger partial charge on any atom is 0.407 e. The summed E-state index contributed by atoms with van der Waals surface area (Å²) in [5, 5.41) is 3.07. The zero-order chi connectivity index (χ0) is 17.3. The summed E-state index contributed by atoms with van der Waals surface area (Å²) in [6.07, 6.45) is 1.35. The summed E-state index contributed by atoms with van der Waals surface area (Å²) >= 11 is 7.67. The Morgan fingerprint density at radius 3 is 2.71 bits per heavy atom. The zero-order valence-electron chi connectivity index (χ0n) is 14.1. The predicted molar refractivity (Wildman–Crippen MR) is 99.1 cm³/mol. The van der Waals surface area contributed by atoms with Gasteiger partial charge in [0.2, 0.25) is 0 Å². The van der Waals surface area contributed by atoms with Crippen LogP contribution in [0.2, 0.25) is 4.34 Å². The molecule has 1 N–H and O–H groups in total. The van der Waals surface area contributed by atoms with Gasteiger partial charge in [-0.25, -0.2) is 4.79 Å². The van der Waals surface area contributed by atoms with Gasteiger partial charge in [-0.3, -0.25) is 0 Å². The molecule has 0 saturated heterocycles. The lowest BCUT2D eigenvalue weighted by Gasteiger charge is -2.25. The van der Waals surface area contributed by atoms with E-state index in [0.717, 1.165) is 17.2 Å². The zero-order valence-corrected chi connectivity index (χ0v) is 15.7. The van der Waals surface area contributed by atoms with Crippen molar-refractivity contribution in [1.29, 1.82) is 0 Å². The van der Waals surface area contributed by atoms with Gasteiger partial charge in [0.05, 0.1) is 4.34 Å². The average molecular weight is 364 g/mol. The molecule has 0 saturated carbocycles. The van der Waals surface area contributed by atoms with Crippen molar-refractivity contribution in [3.05, 3.63) is 56.7 Å². The van der Waals surface area contributed by atoms with Crippen LogP contribution < -0.4 is 5.32 Å². The largest absolute Gasteiger partial charge is 0.444 e. The smallest absolute Gasteiger partial charge is 0.407 e. The fourth-order valence-electron chi connectivity index (χ4n) is 3.22. The van der Waals surface area contributed by atoms with Crippen molar-refractivity contribution in [3.63, 3.8) is 0 Å². The molecule has 3 rings (SSSR count). The number of halogens is 1. The second kappa shape index (κ2) is 6.77. The molecule has 1 aromatic carbocycles. The van der Waals surface area contributed by atoms with E-state index in [4.69, 9.17) is 16.3 Å². The van der Waals surface area contributed by atoms with Crippen molar-refractivity contribution in [3.8, 4) is 0 Å². The van der Waals surface area contributed by atoms with Gasteiger partial charge in [0.1, 0.15) is 5.60 Å². The third-order valence-corrected chi connectivity index (χ3v) is 5.39. The van der Waals surface area contributed by atoms with E-state index in [0.29, 0.717) is 0 Å². The lowest BCUT2D eigenvalue weighted by Crippen LogP contribution is -2.41. The van der Waals surface area contributed by atoms with Crippen LogP contribution in [0.5, 0.6) is 0 Å². The first-order valence-corrected chi connectivity index (χ1v) is 9.33. The molecule has 5 heteroatoms. The van der Waals surface area contributed by atoms with Gasteiger partial charge in [-0.05, 0) is 56.9 Å². The number of ether oxygens (including phenoxy) is 1. The Labute approximate surface area is 152 Å². The molecule has 1 aliphatic rings. The Balaban J connectivity index is 1.78. The van der Waals surface area contributed by atoms with Gasteiger partial charge >= 0.3 is 6.09 Å². The van der Waals surface area contributed by atoms with Crippen molar-refractivity contribution >= 4 is 29.0 Å². The van der Waals surface area contributed by atoms with E-state index >= 15 is 0 Å². The highest BCUT2D eigenvalue weighted by Gasteiger charge is 2.34. The Morgan fingerprint density at radius 1 is 1.29 bits per heavy atom. The lowest BCUT2D eigenvalue weighted by atomic mass is 9.94. The van der Waals surface area contributed by atoms with E-state index in [2.05, 4.69) is 29.6 Å². The van der Waals surface area contributed by atoms with Gasteiger partial charge < -0.3 is 10.1 Å². The number of nitrogens with one attached hydrogen (secondary N) is 1. The minimum atomic E-state index is -0.494. The van der Waals surface area contributed by atoms with Gasteiger partial charge in [-0.1, -0.05) is 35.9 Å². The van der Waals surface area contributed by atoms with Gasteiger partial charge in [0, 0.05) is 16.8 Å². The maximum atomic E-state index is 12.2. The number of amides is 1. The van der Waals surface area contributed by atoms with Crippen LogP contribution in [0, 0.1) is 0 Å². The molecule has 0 fully saturated rings. The SMILES string of the molecule is CC(C)(C)OC(=O)N[C@H]1Cc2ccccc2[C@H]1Cc1ccc(Cl)s1. The van der Waals surface area contributed by atoms with Gasteiger partial charge in [0.15, 0.2) is 0 Å². The number of carbonyl (C=O) groups is 1. The number of hydrogen-bond donors (Lipinski definition) is 1. The first kappa shape index (κ1) is 17.3. The molecule has 1 aromatic heterocycles. The van der Waals surface area contributed by atoms with E-state index in [1.165, 1.54) is 16.0 Å². The quantitative estimate of drug-likeness (QED) is 0.816.